The summed E-state index contributed by atoms with van der Waals surface area (Å²) >= 11 is 0. The highest BCUT2D eigenvalue weighted by Gasteiger charge is 2.65. The number of primary amides is 1. The Labute approximate surface area is 127 Å². The van der Waals surface area contributed by atoms with Gasteiger partial charge in [-0.3, -0.25) is 9.78 Å². The molecule has 2 atom stereocenters. The van der Waals surface area contributed by atoms with Crippen molar-refractivity contribution >= 4 is 16.7 Å². The van der Waals surface area contributed by atoms with E-state index in [4.69, 9.17) is 10.5 Å². The summed E-state index contributed by atoms with van der Waals surface area (Å²) in [6, 6.07) is 19.4. The van der Waals surface area contributed by atoms with Crippen molar-refractivity contribution in [1.82, 2.24) is 4.98 Å². The van der Waals surface area contributed by atoms with Gasteiger partial charge >= 0.3 is 0 Å². The van der Waals surface area contributed by atoms with E-state index in [1.54, 1.807) is 18.3 Å². The van der Waals surface area contributed by atoms with E-state index in [0.29, 0.717) is 5.69 Å². The Morgan fingerprint density at radius 3 is 2.59 bits per heavy atom. The van der Waals surface area contributed by atoms with Crippen molar-refractivity contribution < 1.29 is 9.53 Å². The van der Waals surface area contributed by atoms with Crippen molar-refractivity contribution in [3.63, 3.8) is 0 Å². The van der Waals surface area contributed by atoms with Gasteiger partial charge in [0.25, 0.3) is 5.91 Å². The number of benzene rings is 2. The van der Waals surface area contributed by atoms with Crippen LogP contribution in [0.25, 0.3) is 10.8 Å². The Morgan fingerprint density at radius 2 is 1.82 bits per heavy atom. The van der Waals surface area contributed by atoms with E-state index >= 15 is 0 Å². The topological polar surface area (TPSA) is 68.5 Å². The van der Waals surface area contributed by atoms with Crippen molar-refractivity contribution in [2.45, 2.75) is 11.7 Å². The molecule has 2 heterocycles. The van der Waals surface area contributed by atoms with Gasteiger partial charge in [0.05, 0.1) is 5.69 Å². The lowest BCUT2D eigenvalue weighted by Crippen LogP contribution is -2.31. The van der Waals surface area contributed by atoms with E-state index in [1.807, 2.05) is 48.5 Å². The third kappa shape index (κ3) is 1.74. The molecule has 108 valence electrons. The van der Waals surface area contributed by atoms with Crippen LogP contribution in [0.2, 0.25) is 0 Å². The number of hydrogen-bond donors (Lipinski definition) is 1. The van der Waals surface area contributed by atoms with Crippen LogP contribution in [-0.2, 0) is 15.1 Å². The molecule has 0 bridgehead atoms. The summed E-state index contributed by atoms with van der Waals surface area (Å²) in [4.78, 5) is 16.3. The van der Waals surface area contributed by atoms with Crippen molar-refractivity contribution in [1.29, 1.82) is 0 Å². The molecule has 1 fully saturated rings. The zero-order valence-electron chi connectivity index (χ0n) is 11.8. The number of pyridine rings is 1. The molecule has 3 aromatic rings. The monoisotopic (exact) mass is 290 g/mol. The van der Waals surface area contributed by atoms with Gasteiger partial charge in [-0.25, -0.2) is 0 Å². The largest absolute Gasteiger partial charge is 0.367 e. The van der Waals surface area contributed by atoms with E-state index in [0.717, 1.165) is 16.3 Å². The van der Waals surface area contributed by atoms with Gasteiger partial charge in [0.15, 0.2) is 0 Å². The van der Waals surface area contributed by atoms with Crippen molar-refractivity contribution in [3.05, 3.63) is 78.1 Å². The van der Waals surface area contributed by atoms with Gasteiger partial charge in [-0.1, -0.05) is 48.5 Å². The molecule has 1 amide bonds. The smallest absolute Gasteiger partial charge is 0.259 e. The van der Waals surface area contributed by atoms with Crippen LogP contribution in [0.4, 0.5) is 0 Å². The van der Waals surface area contributed by atoms with Crippen LogP contribution in [-0.4, -0.2) is 10.9 Å². The van der Waals surface area contributed by atoms with Gasteiger partial charge in [0.1, 0.15) is 6.10 Å². The zero-order chi connectivity index (χ0) is 15.2. The number of ether oxygens (including phenoxy) is 1. The molecule has 1 aliphatic rings. The van der Waals surface area contributed by atoms with E-state index < -0.39 is 17.6 Å². The number of fused-ring (bicyclic) bond motifs is 1. The quantitative estimate of drug-likeness (QED) is 0.754. The maximum Gasteiger partial charge on any atom is 0.259 e. The number of nitrogens with zero attached hydrogens (tertiary/aromatic N) is 1. The number of epoxide rings is 1. The fourth-order valence-corrected chi connectivity index (χ4v) is 3.00. The minimum absolute atomic E-state index is 0.397. The summed E-state index contributed by atoms with van der Waals surface area (Å²) in [5.74, 6) is -0.510. The van der Waals surface area contributed by atoms with Gasteiger partial charge in [-0.15, -0.1) is 0 Å². The molecule has 2 aromatic carbocycles. The van der Waals surface area contributed by atoms with Crippen LogP contribution in [0.1, 0.15) is 17.4 Å². The zero-order valence-corrected chi connectivity index (χ0v) is 11.8. The van der Waals surface area contributed by atoms with Crippen LogP contribution in [0.15, 0.2) is 66.9 Å². The third-order valence-corrected chi connectivity index (χ3v) is 4.13. The van der Waals surface area contributed by atoms with Gasteiger partial charge < -0.3 is 10.5 Å². The molecule has 1 saturated heterocycles. The van der Waals surface area contributed by atoms with E-state index in [2.05, 4.69) is 4.98 Å². The summed E-state index contributed by atoms with van der Waals surface area (Å²) in [5, 5.41) is 2.17. The second-order valence-corrected chi connectivity index (χ2v) is 5.38. The number of aromatic nitrogens is 1. The van der Waals surface area contributed by atoms with E-state index in [9.17, 15) is 4.79 Å². The van der Waals surface area contributed by atoms with Crippen LogP contribution in [0, 0.1) is 0 Å². The minimum atomic E-state index is -1.16. The Morgan fingerprint density at radius 1 is 1.05 bits per heavy atom. The molecule has 22 heavy (non-hydrogen) atoms. The lowest BCUT2D eigenvalue weighted by molar-refractivity contribution is -0.123. The molecule has 1 aliphatic heterocycles. The molecule has 4 heteroatoms. The standard InChI is InChI=1S/C18H14N2O2/c19-17(21)18(15-10-3-4-11-20-15)16(22-18)14-9-5-7-12-6-1-2-8-13(12)14/h1-11,16H,(H2,19,21)/t16-,18-/m0/s1. The molecule has 0 saturated carbocycles. The van der Waals surface area contributed by atoms with Gasteiger partial charge in [0.2, 0.25) is 5.60 Å². The van der Waals surface area contributed by atoms with Crippen LogP contribution in [0.5, 0.6) is 0 Å². The first-order valence-electron chi connectivity index (χ1n) is 7.10. The number of amides is 1. The predicted molar refractivity (Wildman–Crippen MR) is 82.9 cm³/mol. The predicted octanol–water partition coefficient (Wildman–Crippen LogP) is 2.69. The maximum atomic E-state index is 12.1. The molecular formula is C18H14N2O2. The Balaban J connectivity index is 1.86. The second-order valence-electron chi connectivity index (χ2n) is 5.38. The normalized spacial score (nSPS) is 23.4. The number of carbonyl (C=O) groups is 1. The summed E-state index contributed by atoms with van der Waals surface area (Å²) in [6.45, 7) is 0. The molecule has 0 unspecified atom stereocenters. The highest BCUT2D eigenvalue weighted by Crippen LogP contribution is 2.57. The highest BCUT2D eigenvalue weighted by atomic mass is 16.6. The van der Waals surface area contributed by atoms with Gasteiger partial charge in [-0.05, 0) is 28.5 Å². The maximum absolute atomic E-state index is 12.1. The fourth-order valence-electron chi connectivity index (χ4n) is 3.00. The Kier molecular flexibility index (Phi) is 2.74. The average molecular weight is 290 g/mol. The molecular weight excluding hydrogens is 276 g/mol. The van der Waals surface area contributed by atoms with Gasteiger partial charge in [-0.2, -0.15) is 0 Å². The second kappa shape index (κ2) is 4.64. The lowest BCUT2D eigenvalue weighted by atomic mass is 9.92. The molecule has 0 radical (unpaired) electrons. The first-order valence-corrected chi connectivity index (χ1v) is 7.10. The van der Waals surface area contributed by atoms with Crippen LogP contribution >= 0.6 is 0 Å². The number of carbonyl (C=O) groups excluding carboxylic acids is 1. The fraction of sp³-hybridized carbons (Fsp3) is 0.111. The van der Waals surface area contributed by atoms with Gasteiger partial charge in [0, 0.05) is 6.20 Å². The first kappa shape index (κ1) is 13.0. The molecule has 0 aliphatic carbocycles. The molecule has 2 N–H and O–H groups in total. The number of rotatable bonds is 3. The van der Waals surface area contributed by atoms with E-state index in [1.165, 1.54) is 0 Å². The first-order chi connectivity index (χ1) is 10.7. The summed E-state index contributed by atoms with van der Waals surface area (Å²) in [5.41, 5.74) is 5.99. The lowest BCUT2D eigenvalue weighted by Gasteiger charge is -2.09. The molecule has 1 aromatic heterocycles. The van der Waals surface area contributed by atoms with E-state index in [-0.39, 0.29) is 0 Å². The van der Waals surface area contributed by atoms with Crippen molar-refractivity contribution in [2.24, 2.45) is 5.73 Å². The average Bonchev–Trinajstić information content (AvgIpc) is 3.32. The molecule has 0 spiro atoms. The minimum Gasteiger partial charge on any atom is -0.367 e. The SMILES string of the molecule is NC(=O)[C@@]1(c2ccccn2)O[C@H]1c1cccc2ccccc12. The molecule has 4 rings (SSSR count). The van der Waals surface area contributed by atoms with Crippen LogP contribution < -0.4 is 5.73 Å². The third-order valence-electron chi connectivity index (χ3n) is 4.13. The Hall–Kier alpha value is -2.72. The number of nitrogens with two attached hydrogens (primary N) is 1. The van der Waals surface area contributed by atoms with Crippen molar-refractivity contribution in [3.8, 4) is 0 Å². The summed E-state index contributed by atoms with van der Waals surface area (Å²) in [7, 11) is 0. The highest BCUT2D eigenvalue weighted by molar-refractivity contribution is 5.92. The molecule has 4 nitrogen and oxygen atoms in total. The Bertz CT molecular complexity index is 858. The van der Waals surface area contributed by atoms with Crippen LogP contribution in [0.3, 0.4) is 0 Å². The summed E-state index contributed by atoms with van der Waals surface area (Å²) < 4.78 is 5.81. The number of hydrogen-bond acceptors (Lipinski definition) is 3. The summed E-state index contributed by atoms with van der Waals surface area (Å²) in [6.07, 6.45) is 1.24. The van der Waals surface area contributed by atoms with Crippen molar-refractivity contribution in [2.75, 3.05) is 0 Å².